The van der Waals surface area contributed by atoms with Gasteiger partial charge in [0.15, 0.2) is 0 Å². The van der Waals surface area contributed by atoms with E-state index in [0.717, 1.165) is 0 Å². The Morgan fingerprint density at radius 1 is 1.03 bits per heavy atom. The van der Waals surface area contributed by atoms with Crippen molar-refractivity contribution < 1.29 is 29.4 Å². The summed E-state index contributed by atoms with van der Waals surface area (Å²) in [7, 11) is 0. The van der Waals surface area contributed by atoms with Crippen LogP contribution in [0.25, 0.3) is 0 Å². The molecule has 5 atom stereocenters. The van der Waals surface area contributed by atoms with Gasteiger partial charge in [0.25, 0.3) is 0 Å². The first kappa shape index (κ1) is 29.0. The number of H-pyrrole nitrogens is 1. The Bertz CT molecular complexity index is 800. The van der Waals surface area contributed by atoms with E-state index in [-0.39, 0.29) is 6.42 Å². The number of carbonyl (C=O) groups excluding carboxylic acids is 3. The number of carboxylic acid groups (broad SMARTS) is 1. The van der Waals surface area contributed by atoms with Crippen molar-refractivity contribution in [2.24, 2.45) is 17.4 Å². The first-order valence-corrected chi connectivity index (χ1v) is 11.2. The van der Waals surface area contributed by atoms with Gasteiger partial charge in [-0.05, 0) is 32.2 Å². The predicted octanol–water partition coefficient (Wildman–Crippen LogP) is -2.02. The van der Waals surface area contributed by atoms with Crippen molar-refractivity contribution in [1.82, 2.24) is 25.9 Å². The highest BCUT2D eigenvalue weighted by atomic mass is 16.4. The zero-order valence-electron chi connectivity index (χ0n) is 19.8. The molecule has 0 aromatic carbocycles. The molecule has 0 fully saturated rings. The van der Waals surface area contributed by atoms with E-state index < -0.39 is 59.9 Å². The molecule has 5 unspecified atom stereocenters. The highest BCUT2D eigenvalue weighted by molar-refractivity contribution is 5.94. The monoisotopic (exact) mass is 483 g/mol. The standard InChI is InChI=1S/C21H37N7O6/c1-11(2)16(21(33)34)27-19(31)15(8-13-9-24-10-25-13)26-20(32)17(12(3)29)28-18(30)14(23)6-4-5-7-22/h9-12,14-17,29H,4-8,22-23H2,1-3H3,(H,24,25)(H,26,32)(H,27,31)(H,28,30)(H,33,34). The Labute approximate surface area is 198 Å². The smallest absolute Gasteiger partial charge is 0.326 e. The Morgan fingerprint density at radius 2 is 1.68 bits per heavy atom. The van der Waals surface area contributed by atoms with E-state index in [1.165, 1.54) is 19.4 Å². The molecule has 192 valence electrons. The number of nitrogens with one attached hydrogen (secondary N) is 4. The molecule has 0 bridgehead atoms. The molecule has 0 spiro atoms. The number of carboxylic acids is 1. The Balaban J connectivity index is 2.97. The van der Waals surface area contributed by atoms with Gasteiger partial charge in [-0.25, -0.2) is 9.78 Å². The van der Waals surface area contributed by atoms with Crippen molar-refractivity contribution in [3.8, 4) is 0 Å². The van der Waals surface area contributed by atoms with Crippen LogP contribution in [0.4, 0.5) is 0 Å². The van der Waals surface area contributed by atoms with Crippen LogP contribution in [-0.2, 0) is 25.6 Å². The zero-order chi connectivity index (χ0) is 25.8. The van der Waals surface area contributed by atoms with E-state index in [4.69, 9.17) is 11.5 Å². The molecule has 1 aromatic rings. The van der Waals surface area contributed by atoms with Crippen LogP contribution in [0.5, 0.6) is 0 Å². The van der Waals surface area contributed by atoms with Gasteiger partial charge >= 0.3 is 5.97 Å². The number of carbonyl (C=O) groups is 4. The lowest BCUT2D eigenvalue weighted by Crippen LogP contribution is -2.60. The normalized spacial score (nSPS) is 15.6. The maximum atomic E-state index is 12.9. The number of imidazole rings is 1. The van der Waals surface area contributed by atoms with Crippen LogP contribution in [0.2, 0.25) is 0 Å². The second-order valence-electron chi connectivity index (χ2n) is 8.53. The quantitative estimate of drug-likeness (QED) is 0.129. The number of nitrogens with zero attached hydrogens (tertiary/aromatic N) is 1. The lowest BCUT2D eigenvalue weighted by molar-refractivity contribution is -0.143. The number of hydrogen-bond donors (Lipinski definition) is 8. The number of hydrogen-bond acceptors (Lipinski definition) is 8. The van der Waals surface area contributed by atoms with Crippen LogP contribution in [-0.4, -0.2) is 80.7 Å². The maximum absolute atomic E-state index is 12.9. The summed E-state index contributed by atoms with van der Waals surface area (Å²) < 4.78 is 0. The van der Waals surface area contributed by atoms with Gasteiger partial charge in [0.05, 0.1) is 18.5 Å². The molecule has 0 aliphatic heterocycles. The molecular formula is C21H37N7O6. The third kappa shape index (κ3) is 9.45. The van der Waals surface area contributed by atoms with Crippen molar-refractivity contribution in [2.75, 3.05) is 6.54 Å². The molecule has 1 heterocycles. The number of aliphatic carboxylic acids is 1. The van der Waals surface area contributed by atoms with E-state index in [2.05, 4.69) is 25.9 Å². The number of aliphatic hydroxyl groups is 1. The fraction of sp³-hybridized carbons (Fsp3) is 0.667. The first-order chi connectivity index (χ1) is 16.0. The zero-order valence-corrected chi connectivity index (χ0v) is 19.8. The summed E-state index contributed by atoms with van der Waals surface area (Å²) in [6.45, 7) is 5.05. The van der Waals surface area contributed by atoms with Gasteiger partial charge in [0.1, 0.15) is 18.1 Å². The third-order valence-electron chi connectivity index (χ3n) is 5.21. The average molecular weight is 484 g/mol. The van der Waals surface area contributed by atoms with Crippen LogP contribution >= 0.6 is 0 Å². The number of nitrogens with two attached hydrogens (primary N) is 2. The van der Waals surface area contributed by atoms with Crippen LogP contribution in [0.15, 0.2) is 12.5 Å². The van der Waals surface area contributed by atoms with Crippen molar-refractivity contribution in [3.05, 3.63) is 18.2 Å². The molecule has 0 saturated heterocycles. The molecule has 0 saturated carbocycles. The summed E-state index contributed by atoms with van der Waals surface area (Å²) in [5.74, 6) is -3.81. The minimum absolute atomic E-state index is 0.0267. The van der Waals surface area contributed by atoms with Crippen LogP contribution in [0, 0.1) is 5.92 Å². The summed E-state index contributed by atoms with van der Waals surface area (Å²) in [6, 6.07) is -4.66. The Kier molecular flexibility index (Phi) is 12.2. The van der Waals surface area contributed by atoms with Gasteiger partial charge in [-0.3, -0.25) is 14.4 Å². The molecule has 13 nitrogen and oxygen atoms in total. The summed E-state index contributed by atoms with van der Waals surface area (Å²) in [5, 5.41) is 26.8. The molecule has 3 amide bonds. The van der Waals surface area contributed by atoms with E-state index in [1.54, 1.807) is 13.8 Å². The van der Waals surface area contributed by atoms with Gasteiger partial charge in [-0.2, -0.15) is 0 Å². The molecular weight excluding hydrogens is 446 g/mol. The molecule has 0 aliphatic carbocycles. The first-order valence-electron chi connectivity index (χ1n) is 11.2. The third-order valence-corrected chi connectivity index (χ3v) is 5.21. The maximum Gasteiger partial charge on any atom is 0.326 e. The number of aromatic amines is 1. The minimum Gasteiger partial charge on any atom is -0.480 e. The lowest BCUT2D eigenvalue weighted by atomic mass is 10.0. The molecule has 1 rings (SSSR count). The topological polar surface area (TPSA) is 226 Å². The van der Waals surface area contributed by atoms with Gasteiger partial charge in [-0.15, -0.1) is 0 Å². The average Bonchev–Trinajstić information content (AvgIpc) is 3.27. The van der Waals surface area contributed by atoms with E-state index >= 15 is 0 Å². The van der Waals surface area contributed by atoms with Crippen LogP contribution in [0.3, 0.4) is 0 Å². The van der Waals surface area contributed by atoms with Crippen molar-refractivity contribution in [2.45, 2.75) is 76.7 Å². The van der Waals surface area contributed by atoms with E-state index in [1.807, 2.05) is 0 Å². The number of amides is 3. The van der Waals surface area contributed by atoms with Crippen LogP contribution < -0.4 is 27.4 Å². The summed E-state index contributed by atoms with van der Waals surface area (Å²) in [6.07, 6.45) is 3.21. The van der Waals surface area contributed by atoms with Gasteiger partial charge in [0, 0.05) is 18.3 Å². The highest BCUT2D eigenvalue weighted by Gasteiger charge is 2.33. The molecule has 1 aromatic heterocycles. The highest BCUT2D eigenvalue weighted by Crippen LogP contribution is 2.06. The number of rotatable bonds is 15. The second-order valence-corrected chi connectivity index (χ2v) is 8.53. The fourth-order valence-corrected chi connectivity index (χ4v) is 3.16. The van der Waals surface area contributed by atoms with E-state index in [0.29, 0.717) is 31.5 Å². The summed E-state index contributed by atoms with van der Waals surface area (Å²) in [4.78, 5) is 56.4. The second kappa shape index (κ2) is 14.3. The largest absolute Gasteiger partial charge is 0.480 e. The minimum atomic E-state index is -1.38. The predicted molar refractivity (Wildman–Crippen MR) is 123 cm³/mol. The summed E-state index contributed by atoms with van der Waals surface area (Å²) in [5.41, 5.74) is 11.8. The van der Waals surface area contributed by atoms with Gasteiger partial charge in [-0.1, -0.05) is 20.3 Å². The Hall–Kier alpha value is -3.03. The molecule has 34 heavy (non-hydrogen) atoms. The lowest BCUT2D eigenvalue weighted by Gasteiger charge is -2.27. The van der Waals surface area contributed by atoms with Crippen molar-refractivity contribution in [1.29, 1.82) is 0 Å². The molecule has 10 N–H and O–H groups in total. The number of aliphatic hydroxyl groups excluding tert-OH is 1. The fourth-order valence-electron chi connectivity index (χ4n) is 3.16. The van der Waals surface area contributed by atoms with Gasteiger partial charge < -0.3 is 42.6 Å². The Morgan fingerprint density at radius 3 is 2.18 bits per heavy atom. The van der Waals surface area contributed by atoms with Crippen LogP contribution in [0.1, 0.15) is 45.7 Å². The molecule has 0 aliphatic rings. The van der Waals surface area contributed by atoms with Crippen molar-refractivity contribution >= 4 is 23.7 Å². The van der Waals surface area contributed by atoms with Crippen molar-refractivity contribution in [3.63, 3.8) is 0 Å². The van der Waals surface area contributed by atoms with E-state index in [9.17, 15) is 29.4 Å². The van der Waals surface area contributed by atoms with Gasteiger partial charge in [0.2, 0.25) is 17.7 Å². The summed E-state index contributed by atoms with van der Waals surface area (Å²) >= 11 is 0. The SMILES string of the molecule is CC(C)C(NC(=O)C(Cc1cnc[nH]1)NC(=O)C(NC(=O)C(N)CCCCN)C(C)O)C(=O)O. The molecule has 0 radical (unpaired) electrons. The molecule has 13 heteroatoms. The number of aromatic nitrogens is 2. The number of unbranched alkanes of at least 4 members (excludes halogenated alkanes) is 1.